The molecule has 1 unspecified atom stereocenters. The number of rotatable bonds is 5. The lowest BCUT2D eigenvalue weighted by Crippen LogP contribution is -2.18. The molecule has 0 saturated carbocycles. The Bertz CT molecular complexity index is 517. The van der Waals surface area contributed by atoms with Crippen LogP contribution in [0.1, 0.15) is 38.8 Å². The maximum absolute atomic E-state index is 11.9. The Morgan fingerprint density at radius 1 is 1.42 bits per heavy atom. The van der Waals surface area contributed by atoms with Crippen molar-refractivity contribution >= 4 is 11.8 Å². The zero-order valence-corrected chi connectivity index (χ0v) is 11.4. The van der Waals surface area contributed by atoms with Crippen molar-refractivity contribution in [3.63, 3.8) is 0 Å². The van der Waals surface area contributed by atoms with Crippen molar-refractivity contribution < 1.29 is 19.4 Å². The van der Waals surface area contributed by atoms with Gasteiger partial charge in [-0.2, -0.15) is 0 Å². The third-order valence-electron chi connectivity index (χ3n) is 2.90. The van der Waals surface area contributed by atoms with Gasteiger partial charge in [-0.1, -0.05) is 12.1 Å². The number of carbonyl (C=O) groups excluding carboxylic acids is 2. The third-order valence-corrected chi connectivity index (χ3v) is 2.90. The average Bonchev–Trinajstić information content (AvgIpc) is 2.35. The molecule has 0 bridgehead atoms. The molecule has 0 amide bonds. The average molecular weight is 262 g/mol. The van der Waals surface area contributed by atoms with E-state index >= 15 is 0 Å². The summed E-state index contributed by atoms with van der Waals surface area (Å²) in [6.07, 6.45) is 0.401. The molecule has 1 aromatic carbocycles. The van der Waals surface area contributed by atoms with Crippen LogP contribution in [0.25, 0.3) is 0 Å². The third kappa shape index (κ3) is 3.51. The lowest BCUT2D eigenvalue weighted by atomic mass is 9.95. The molecule has 19 heavy (non-hydrogen) atoms. The first-order valence-electron chi connectivity index (χ1n) is 5.97. The van der Waals surface area contributed by atoms with Crippen LogP contribution in [0.5, 0.6) is 0 Å². The van der Waals surface area contributed by atoms with Crippen molar-refractivity contribution in [3.8, 4) is 0 Å². The van der Waals surface area contributed by atoms with Crippen LogP contribution in [0.2, 0.25) is 0 Å². The number of ether oxygens (including phenoxy) is 1. The highest BCUT2D eigenvalue weighted by atomic mass is 16.5. The predicted molar refractivity (Wildman–Crippen MR) is 72.4 cm³/mol. The Kier molecular flexibility index (Phi) is 5.01. The Labute approximate surface area is 112 Å². The molecule has 0 fully saturated rings. The minimum absolute atomic E-state index is 0.0872. The largest absolute Gasteiger partial charge is 0.459 e. The summed E-state index contributed by atoms with van der Waals surface area (Å²) >= 11 is 0. The summed E-state index contributed by atoms with van der Waals surface area (Å²) in [6.45, 7) is 8.24. The maximum Gasteiger partial charge on any atom is 0.338 e. The molecule has 0 aliphatic rings. The number of hydrogen-bond acceptors (Lipinski definition) is 4. The number of Topliss-reactive ketones (excluding diaryl/α,β-unsaturated/α-hetero) is 1. The Morgan fingerprint density at radius 3 is 2.58 bits per heavy atom. The molecule has 4 heteroatoms. The Hall–Kier alpha value is -1.94. The van der Waals surface area contributed by atoms with Crippen LogP contribution in [-0.2, 0) is 4.74 Å². The summed E-state index contributed by atoms with van der Waals surface area (Å²) in [4.78, 5) is 23.5. The fourth-order valence-electron chi connectivity index (χ4n) is 1.92. The number of esters is 1. The highest BCUT2D eigenvalue weighted by molar-refractivity contribution is 6.01. The van der Waals surface area contributed by atoms with Gasteiger partial charge in [-0.25, -0.2) is 4.79 Å². The van der Waals surface area contributed by atoms with Crippen LogP contribution in [0.15, 0.2) is 24.8 Å². The summed E-state index contributed by atoms with van der Waals surface area (Å²) in [5, 5.41) is 9.26. The summed E-state index contributed by atoms with van der Waals surface area (Å²) in [5.41, 5.74) is 2.31. The van der Waals surface area contributed by atoms with E-state index in [0.717, 1.165) is 5.56 Å². The van der Waals surface area contributed by atoms with E-state index in [1.165, 1.54) is 13.0 Å². The van der Waals surface area contributed by atoms with Crippen LogP contribution >= 0.6 is 0 Å². The number of hydrogen-bond donors (Lipinski definition) is 1. The molecular formula is C15H18O4. The number of carbonyl (C=O) groups is 2. The molecule has 1 atom stereocenters. The monoisotopic (exact) mass is 262 g/mol. The van der Waals surface area contributed by atoms with Crippen LogP contribution in [0, 0.1) is 13.8 Å². The first-order valence-corrected chi connectivity index (χ1v) is 5.97. The second-order valence-corrected chi connectivity index (χ2v) is 4.39. The van der Waals surface area contributed by atoms with E-state index in [9.17, 15) is 14.7 Å². The first kappa shape index (κ1) is 15.1. The molecule has 0 heterocycles. The smallest absolute Gasteiger partial charge is 0.338 e. The van der Waals surface area contributed by atoms with Crippen LogP contribution in [-0.4, -0.2) is 29.6 Å². The molecule has 0 aliphatic heterocycles. The van der Waals surface area contributed by atoms with Crippen LogP contribution in [0.4, 0.5) is 0 Å². The molecule has 102 valence electrons. The lowest BCUT2D eigenvalue weighted by molar-refractivity contribution is 0.0344. The minimum atomic E-state index is -0.887. The standard InChI is InChI=1S/C15H18O4/c1-5-12(17)8-19-15(18)13-7-6-9(2)14(10(13)3)11(4)16/h5-7,12,17H,1,8H2,2-4H3. The molecule has 0 aromatic heterocycles. The quantitative estimate of drug-likeness (QED) is 0.502. The van der Waals surface area contributed by atoms with Gasteiger partial charge in [0.15, 0.2) is 5.78 Å². The van der Waals surface area contributed by atoms with Gasteiger partial charge in [-0.3, -0.25) is 4.79 Å². The zero-order chi connectivity index (χ0) is 14.6. The molecule has 4 nitrogen and oxygen atoms in total. The van der Waals surface area contributed by atoms with Crippen molar-refractivity contribution in [2.24, 2.45) is 0 Å². The van der Waals surface area contributed by atoms with Crippen molar-refractivity contribution in [3.05, 3.63) is 47.0 Å². The van der Waals surface area contributed by atoms with Crippen molar-refractivity contribution in [1.29, 1.82) is 0 Å². The molecule has 1 N–H and O–H groups in total. The highest BCUT2D eigenvalue weighted by Crippen LogP contribution is 2.19. The molecular weight excluding hydrogens is 244 g/mol. The minimum Gasteiger partial charge on any atom is -0.459 e. The Balaban J connectivity index is 3.02. The summed E-state index contributed by atoms with van der Waals surface area (Å²) in [5.74, 6) is -0.642. The van der Waals surface area contributed by atoms with E-state index in [2.05, 4.69) is 6.58 Å². The number of aryl methyl sites for hydroxylation is 1. The van der Waals surface area contributed by atoms with E-state index in [0.29, 0.717) is 16.7 Å². The second kappa shape index (κ2) is 6.29. The van der Waals surface area contributed by atoms with E-state index < -0.39 is 12.1 Å². The highest BCUT2D eigenvalue weighted by Gasteiger charge is 2.17. The lowest BCUT2D eigenvalue weighted by Gasteiger charge is -2.12. The molecule has 0 aliphatic carbocycles. The zero-order valence-electron chi connectivity index (χ0n) is 11.4. The van der Waals surface area contributed by atoms with E-state index in [1.54, 1.807) is 19.1 Å². The summed E-state index contributed by atoms with van der Waals surface area (Å²) in [6, 6.07) is 3.34. The SMILES string of the molecule is C=CC(O)COC(=O)c1ccc(C)c(C(C)=O)c1C. The maximum atomic E-state index is 11.9. The molecule has 0 radical (unpaired) electrons. The van der Waals surface area contributed by atoms with E-state index in [4.69, 9.17) is 4.74 Å². The molecule has 0 saturated heterocycles. The number of aliphatic hydroxyl groups is 1. The van der Waals surface area contributed by atoms with Gasteiger partial charge in [0.2, 0.25) is 0 Å². The van der Waals surface area contributed by atoms with Crippen LogP contribution in [0.3, 0.4) is 0 Å². The number of ketones is 1. The molecule has 0 spiro atoms. The fraction of sp³-hybridized carbons (Fsp3) is 0.333. The van der Waals surface area contributed by atoms with Gasteiger partial charge in [0.25, 0.3) is 0 Å². The van der Waals surface area contributed by atoms with Gasteiger partial charge in [0, 0.05) is 5.56 Å². The van der Waals surface area contributed by atoms with E-state index in [1.807, 2.05) is 6.92 Å². The topological polar surface area (TPSA) is 63.6 Å². The normalized spacial score (nSPS) is 11.8. The fourth-order valence-corrected chi connectivity index (χ4v) is 1.92. The van der Waals surface area contributed by atoms with Gasteiger partial charge < -0.3 is 9.84 Å². The second-order valence-electron chi connectivity index (χ2n) is 4.39. The number of aliphatic hydroxyl groups excluding tert-OH is 1. The van der Waals surface area contributed by atoms with Gasteiger partial charge >= 0.3 is 5.97 Å². The van der Waals surface area contributed by atoms with Gasteiger partial charge in [-0.05, 0) is 38.0 Å². The predicted octanol–water partition coefficient (Wildman–Crippen LogP) is 2.21. The summed E-state index contributed by atoms with van der Waals surface area (Å²) < 4.78 is 4.96. The van der Waals surface area contributed by atoms with Crippen molar-refractivity contribution in [2.75, 3.05) is 6.61 Å². The van der Waals surface area contributed by atoms with Crippen molar-refractivity contribution in [1.82, 2.24) is 0 Å². The van der Waals surface area contributed by atoms with E-state index in [-0.39, 0.29) is 12.4 Å². The first-order chi connectivity index (χ1) is 8.88. The van der Waals surface area contributed by atoms with Gasteiger partial charge in [0.05, 0.1) is 5.56 Å². The Morgan fingerprint density at radius 2 is 2.05 bits per heavy atom. The van der Waals surface area contributed by atoms with Gasteiger partial charge in [-0.15, -0.1) is 6.58 Å². The van der Waals surface area contributed by atoms with Gasteiger partial charge in [0.1, 0.15) is 12.7 Å². The molecule has 1 aromatic rings. The number of benzene rings is 1. The van der Waals surface area contributed by atoms with Crippen LogP contribution < -0.4 is 0 Å². The molecule has 1 rings (SSSR count). The van der Waals surface area contributed by atoms with Crippen molar-refractivity contribution in [2.45, 2.75) is 26.9 Å². The summed E-state index contributed by atoms with van der Waals surface area (Å²) in [7, 11) is 0.